The summed E-state index contributed by atoms with van der Waals surface area (Å²) in [4.78, 5) is 0. The molecule has 0 fully saturated rings. The standard InChI is InChI=1S/C16H20N2O/c1-11-6-7-12(2)18(11)17-16-5-3-4-13-8-9-14(19)10-15(13)16/h6-10,16-17,19H,3-5H2,1-2H3. The molecule has 0 saturated heterocycles. The highest BCUT2D eigenvalue weighted by molar-refractivity contribution is 5.39. The number of aromatic nitrogens is 1. The van der Waals surface area contributed by atoms with E-state index in [1.54, 1.807) is 6.07 Å². The molecular weight excluding hydrogens is 236 g/mol. The summed E-state index contributed by atoms with van der Waals surface area (Å²) in [5.41, 5.74) is 8.60. The maximum atomic E-state index is 9.71. The maximum Gasteiger partial charge on any atom is 0.115 e. The second-order valence-corrected chi connectivity index (χ2v) is 5.41. The van der Waals surface area contributed by atoms with Gasteiger partial charge in [-0.3, -0.25) is 4.68 Å². The minimum atomic E-state index is 0.278. The van der Waals surface area contributed by atoms with Crippen LogP contribution in [0.25, 0.3) is 0 Å². The predicted octanol–water partition coefficient (Wildman–Crippen LogP) is 3.43. The van der Waals surface area contributed by atoms with E-state index in [-0.39, 0.29) is 6.04 Å². The quantitative estimate of drug-likeness (QED) is 0.863. The van der Waals surface area contributed by atoms with Crippen molar-refractivity contribution in [1.29, 1.82) is 0 Å². The molecule has 2 N–H and O–H groups in total. The highest BCUT2D eigenvalue weighted by atomic mass is 16.3. The van der Waals surface area contributed by atoms with Crippen LogP contribution in [0, 0.1) is 13.8 Å². The van der Waals surface area contributed by atoms with Gasteiger partial charge in [0.1, 0.15) is 5.75 Å². The molecule has 19 heavy (non-hydrogen) atoms. The first-order chi connectivity index (χ1) is 9.15. The van der Waals surface area contributed by atoms with Gasteiger partial charge in [-0.1, -0.05) is 6.07 Å². The van der Waals surface area contributed by atoms with E-state index in [0.717, 1.165) is 12.8 Å². The van der Waals surface area contributed by atoms with Crippen molar-refractivity contribution in [1.82, 2.24) is 4.68 Å². The first-order valence-electron chi connectivity index (χ1n) is 6.88. The average Bonchev–Trinajstić information content (AvgIpc) is 2.71. The lowest BCUT2D eigenvalue weighted by Crippen LogP contribution is -2.26. The van der Waals surface area contributed by atoms with Crippen LogP contribution < -0.4 is 5.43 Å². The van der Waals surface area contributed by atoms with Gasteiger partial charge in [0.2, 0.25) is 0 Å². The third kappa shape index (κ3) is 2.21. The Morgan fingerprint density at radius 3 is 2.63 bits per heavy atom. The summed E-state index contributed by atoms with van der Waals surface area (Å²) >= 11 is 0. The van der Waals surface area contributed by atoms with Gasteiger partial charge in [-0.2, -0.15) is 0 Å². The smallest absolute Gasteiger partial charge is 0.115 e. The zero-order chi connectivity index (χ0) is 13.4. The van der Waals surface area contributed by atoms with Crippen LogP contribution in [0.5, 0.6) is 5.75 Å². The second kappa shape index (κ2) is 4.65. The number of nitrogens with one attached hydrogen (secondary N) is 1. The SMILES string of the molecule is Cc1ccc(C)n1NC1CCCc2ccc(O)cc21. The Bertz CT molecular complexity index is 581. The van der Waals surface area contributed by atoms with E-state index in [9.17, 15) is 5.11 Å². The van der Waals surface area contributed by atoms with E-state index in [1.807, 2.05) is 12.1 Å². The lowest BCUT2D eigenvalue weighted by Gasteiger charge is -2.29. The Labute approximate surface area is 113 Å². The van der Waals surface area contributed by atoms with Crippen LogP contribution >= 0.6 is 0 Å². The second-order valence-electron chi connectivity index (χ2n) is 5.41. The first kappa shape index (κ1) is 12.2. The lowest BCUT2D eigenvalue weighted by atomic mass is 9.88. The zero-order valence-corrected chi connectivity index (χ0v) is 11.5. The summed E-state index contributed by atoms with van der Waals surface area (Å²) in [7, 11) is 0. The summed E-state index contributed by atoms with van der Waals surface area (Å²) in [5, 5.41) is 9.71. The summed E-state index contributed by atoms with van der Waals surface area (Å²) in [6.45, 7) is 4.21. The van der Waals surface area contributed by atoms with Crippen molar-refractivity contribution in [2.75, 3.05) is 5.43 Å². The van der Waals surface area contributed by atoms with Crippen LogP contribution in [-0.2, 0) is 6.42 Å². The normalized spacial score (nSPS) is 18.1. The molecule has 0 amide bonds. The molecule has 1 heterocycles. The highest BCUT2D eigenvalue weighted by Crippen LogP contribution is 2.33. The number of rotatable bonds is 2. The number of nitrogens with zero attached hydrogens (tertiary/aromatic N) is 1. The lowest BCUT2D eigenvalue weighted by molar-refractivity contribution is 0.470. The van der Waals surface area contributed by atoms with Gasteiger partial charge in [-0.15, -0.1) is 0 Å². The number of hydrogen-bond acceptors (Lipinski definition) is 2. The largest absolute Gasteiger partial charge is 0.508 e. The van der Waals surface area contributed by atoms with Gasteiger partial charge in [-0.25, -0.2) is 0 Å². The molecule has 0 saturated carbocycles. The average molecular weight is 256 g/mol. The number of benzene rings is 1. The Morgan fingerprint density at radius 1 is 1.16 bits per heavy atom. The van der Waals surface area contributed by atoms with Crippen molar-refractivity contribution in [3.63, 3.8) is 0 Å². The zero-order valence-electron chi connectivity index (χ0n) is 11.5. The molecule has 2 aromatic rings. The minimum Gasteiger partial charge on any atom is -0.508 e. The monoisotopic (exact) mass is 256 g/mol. The molecule has 3 nitrogen and oxygen atoms in total. The van der Waals surface area contributed by atoms with Crippen LogP contribution in [0.4, 0.5) is 0 Å². The third-order valence-electron chi connectivity index (χ3n) is 4.00. The molecule has 1 aromatic heterocycles. The molecule has 3 rings (SSSR count). The highest BCUT2D eigenvalue weighted by Gasteiger charge is 2.21. The fourth-order valence-electron chi connectivity index (χ4n) is 2.95. The van der Waals surface area contributed by atoms with Gasteiger partial charge in [0.05, 0.1) is 6.04 Å². The van der Waals surface area contributed by atoms with Crippen molar-refractivity contribution >= 4 is 0 Å². The van der Waals surface area contributed by atoms with Crippen molar-refractivity contribution in [2.24, 2.45) is 0 Å². The molecule has 0 spiro atoms. The van der Waals surface area contributed by atoms with Crippen LogP contribution in [0.1, 0.15) is 41.4 Å². The number of aryl methyl sites for hydroxylation is 3. The van der Waals surface area contributed by atoms with Crippen LogP contribution in [0.15, 0.2) is 30.3 Å². The van der Waals surface area contributed by atoms with E-state index in [0.29, 0.717) is 5.75 Å². The Hall–Kier alpha value is -1.90. The van der Waals surface area contributed by atoms with E-state index in [2.05, 4.69) is 36.1 Å². The summed E-state index contributed by atoms with van der Waals surface area (Å²) in [6.07, 6.45) is 3.40. The molecule has 1 atom stereocenters. The molecule has 0 aliphatic heterocycles. The number of hydrogen-bond donors (Lipinski definition) is 2. The molecule has 1 aromatic carbocycles. The number of phenolic OH excluding ortho intramolecular Hbond substituents is 1. The molecule has 1 unspecified atom stereocenters. The molecular formula is C16H20N2O. The molecule has 0 bridgehead atoms. The van der Waals surface area contributed by atoms with E-state index < -0.39 is 0 Å². The molecule has 1 aliphatic carbocycles. The predicted molar refractivity (Wildman–Crippen MR) is 77.1 cm³/mol. The fraction of sp³-hybridized carbons (Fsp3) is 0.375. The number of aromatic hydroxyl groups is 1. The minimum absolute atomic E-state index is 0.278. The van der Waals surface area contributed by atoms with Gasteiger partial charge in [0.25, 0.3) is 0 Å². The third-order valence-corrected chi connectivity index (χ3v) is 4.00. The van der Waals surface area contributed by atoms with Crippen molar-refractivity contribution in [3.8, 4) is 5.75 Å². The molecule has 100 valence electrons. The van der Waals surface area contributed by atoms with Crippen molar-refractivity contribution < 1.29 is 5.11 Å². The van der Waals surface area contributed by atoms with Gasteiger partial charge >= 0.3 is 0 Å². The van der Waals surface area contributed by atoms with Crippen LogP contribution in [-0.4, -0.2) is 9.78 Å². The number of fused-ring (bicyclic) bond motifs is 1. The van der Waals surface area contributed by atoms with Gasteiger partial charge in [-0.05, 0) is 68.5 Å². The van der Waals surface area contributed by atoms with E-state index in [4.69, 9.17) is 0 Å². The molecule has 0 radical (unpaired) electrons. The molecule has 3 heteroatoms. The maximum absolute atomic E-state index is 9.71. The van der Waals surface area contributed by atoms with Gasteiger partial charge < -0.3 is 10.5 Å². The first-order valence-corrected chi connectivity index (χ1v) is 6.88. The van der Waals surface area contributed by atoms with Crippen LogP contribution in [0.3, 0.4) is 0 Å². The topological polar surface area (TPSA) is 37.2 Å². The Balaban J connectivity index is 1.94. The van der Waals surface area contributed by atoms with Crippen LogP contribution in [0.2, 0.25) is 0 Å². The Kier molecular flexibility index (Phi) is 2.97. The fourth-order valence-corrected chi connectivity index (χ4v) is 2.95. The van der Waals surface area contributed by atoms with E-state index >= 15 is 0 Å². The summed E-state index contributed by atoms with van der Waals surface area (Å²) in [5.74, 6) is 0.355. The summed E-state index contributed by atoms with van der Waals surface area (Å²) in [6, 6.07) is 10.3. The van der Waals surface area contributed by atoms with E-state index in [1.165, 1.54) is 28.9 Å². The van der Waals surface area contributed by atoms with Crippen molar-refractivity contribution in [3.05, 3.63) is 52.8 Å². The summed E-state index contributed by atoms with van der Waals surface area (Å²) < 4.78 is 2.14. The van der Waals surface area contributed by atoms with Gasteiger partial charge in [0, 0.05) is 11.4 Å². The number of phenols is 1. The van der Waals surface area contributed by atoms with Gasteiger partial charge in [0.15, 0.2) is 0 Å². The van der Waals surface area contributed by atoms with Crippen molar-refractivity contribution in [2.45, 2.75) is 39.2 Å². The Morgan fingerprint density at radius 2 is 1.89 bits per heavy atom. The molecule has 1 aliphatic rings.